The highest BCUT2D eigenvalue weighted by Gasteiger charge is 2.09. The van der Waals surface area contributed by atoms with Crippen LogP contribution in [0.5, 0.6) is 5.88 Å². The Morgan fingerprint density at radius 3 is 2.56 bits per heavy atom. The maximum Gasteiger partial charge on any atom is 0.262 e. The molecule has 16 heavy (non-hydrogen) atoms. The van der Waals surface area contributed by atoms with E-state index in [1.807, 2.05) is 18.4 Å². The minimum absolute atomic E-state index is 0.204. The van der Waals surface area contributed by atoms with Crippen LogP contribution >= 0.6 is 11.8 Å². The fraction of sp³-hybridized carbons (Fsp3) is 0.0909. The van der Waals surface area contributed by atoms with Crippen molar-refractivity contribution in [1.82, 2.24) is 9.97 Å². The molecule has 0 radical (unpaired) electrons. The van der Waals surface area contributed by atoms with Crippen molar-refractivity contribution < 1.29 is 5.11 Å². The van der Waals surface area contributed by atoms with Gasteiger partial charge in [-0.3, -0.25) is 4.79 Å². The van der Waals surface area contributed by atoms with E-state index in [0.29, 0.717) is 5.56 Å². The molecule has 5 heteroatoms. The second-order valence-electron chi connectivity index (χ2n) is 3.16. The fourth-order valence-electron chi connectivity index (χ4n) is 1.41. The van der Waals surface area contributed by atoms with Crippen LogP contribution < -0.4 is 5.56 Å². The summed E-state index contributed by atoms with van der Waals surface area (Å²) in [5, 5.41) is 9.53. The highest BCUT2D eigenvalue weighted by atomic mass is 32.2. The molecule has 0 spiro atoms. The Kier molecular flexibility index (Phi) is 2.96. The summed E-state index contributed by atoms with van der Waals surface area (Å²) in [6.07, 6.45) is 3.15. The predicted molar refractivity (Wildman–Crippen MR) is 63.7 cm³/mol. The molecule has 0 aliphatic carbocycles. The van der Waals surface area contributed by atoms with Crippen molar-refractivity contribution in [3.05, 3.63) is 40.9 Å². The Morgan fingerprint density at radius 2 is 2.00 bits per heavy atom. The van der Waals surface area contributed by atoms with Crippen LogP contribution in [0.15, 0.2) is 40.3 Å². The van der Waals surface area contributed by atoms with Gasteiger partial charge in [-0.05, 0) is 24.0 Å². The summed E-state index contributed by atoms with van der Waals surface area (Å²) >= 11 is 1.62. The zero-order valence-electron chi connectivity index (χ0n) is 8.60. The summed E-state index contributed by atoms with van der Waals surface area (Å²) in [5.41, 5.74) is 0.518. The zero-order valence-corrected chi connectivity index (χ0v) is 9.41. The van der Waals surface area contributed by atoms with Crippen LogP contribution in [0.2, 0.25) is 0 Å². The number of hydrogen-bond acceptors (Lipinski definition) is 4. The van der Waals surface area contributed by atoms with Crippen molar-refractivity contribution in [2.75, 3.05) is 6.26 Å². The maximum atomic E-state index is 11.5. The Labute approximate surface area is 96.4 Å². The minimum atomic E-state index is -0.343. The third-order valence-electron chi connectivity index (χ3n) is 2.21. The number of aromatic hydroxyl groups is 1. The lowest BCUT2D eigenvalue weighted by molar-refractivity contribution is 0.453. The standard InChI is InChI=1S/C11H10N2O2S/c1-16-8-4-2-7(3-5-8)9-10(14)12-6-13-11(9)15/h2-6H,1H3,(H2,12,13,14,15). The first-order valence-electron chi connectivity index (χ1n) is 4.63. The lowest BCUT2D eigenvalue weighted by atomic mass is 10.1. The molecule has 1 aromatic heterocycles. The second-order valence-corrected chi connectivity index (χ2v) is 4.04. The zero-order chi connectivity index (χ0) is 11.5. The molecule has 2 aromatic rings. The number of benzene rings is 1. The average molecular weight is 234 g/mol. The lowest BCUT2D eigenvalue weighted by Crippen LogP contribution is -2.08. The topological polar surface area (TPSA) is 66.0 Å². The summed E-state index contributed by atoms with van der Waals surface area (Å²) in [6.45, 7) is 0. The van der Waals surface area contributed by atoms with Gasteiger partial charge >= 0.3 is 0 Å². The number of nitrogens with zero attached hydrogens (tertiary/aromatic N) is 1. The van der Waals surface area contributed by atoms with E-state index in [1.54, 1.807) is 23.9 Å². The molecule has 0 aliphatic heterocycles. The molecule has 0 amide bonds. The van der Waals surface area contributed by atoms with Crippen LogP contribution in [-0.2, 0) is 0 Å². The Hall–Kier alpha value is -1.75. The first-order chi connectivity index (χ1) is 7.72. The van der Waals surface area contributed by atoms with Crippen LogP contribution in [0.25, 0.3) is 11.1 Å². The van der Waals surface area contributed by atoms with Crippen molar-refractivity contribution in [2.24, 2.45) is 0 Å². The van der Waals surface area contributed by atoms with Crippen molar-refractivity contribution in [3.63, 3.8) is 0 Å². The summed E-state index contributed by atoms with van der Waals surface area (Å²) in [6, 6.07) is 7.37. The molecule has 2 rings (SSSR count). The van der Waals surface area contributed by atoms with Crippen molar-refractivity contribution >= 4 is 11.8 Å². The smallest absolute Gasteiger partial charge is 0.262 e. The number of aromatic amines is 1. The Morgan fingerprint density at radius 1 is 1.31 bits per heavy atom. The summed E-state index contributed by atoms with van der Waals surface area (Å²) in [5.74, 6) is -0.249. The van der Waals surface area contributed by atoms with Crippen LogP contribution in [0.4, 0.5) is 0 Å². The molecule has 1 aromatic carbocycles. The van der Waals surface area contributed by atoms with E-state index in [9.17, 15) is 9.90 Å². The highest BCUT2D eigenvalue weighted by Crippen LogP contribution is 2.24. The molecule has 0 atom stereocenters. The van der Waals surface area contributed by atoms with Gasteiger partial charge in [0.1, 0.15) is 5.56 Å². The molecule has 0 aliphatic rings. The van der Waals surface area contributed by atoms with Crippen LogP contribution in [0.3, 0.4) is 0 Å². The molecule has 0 saturated heterocycles. The molecule has 0 bridgehead atoms. The van der Waals surface area contributed by atoms with E-state index < -0.39 is 0 Å². The molecular weight excluding hydrogens is 224 g/mol. The summed E-state index contributed by atoms with van der Waals surface area (Å²) in [7, 11) is 0. The number of nitrogens with one attached hydrogen (secondary N) is 1. The third kappa shape index (κ3) is 1.94. The molecule has 4 nitrogen and oxygen atoms in total. The fourth-order valence-corrected chi connectivity index (χ4v) is 1.82. The number of hydrogen-bond donors (Lipinski definition) is 2. The molecule has 0 fully saturated rings. The van der Waals surface area contributed by atoms with Crippen molar-refractivity contribution in [3.8, 4) is 17.0 Å². The average Bonchev–Trinajstić information content (AvgIpc) is 2.30. The van der Waals surface area contributed by atoms with E-state index in [-0.39, 0.29) is 17.0 Å². The van der Waals surface area contributed by atoms with Gasteiger partial charge in [-0.2, -0.15) is 0 Å². The van der Waals surface area contributed by atoms with E-state index in [1.165, 1.54) is 6.33 Å². The summed E-state index contributed by atoms with van der Waals surface area (Å²) < 4.78 is 0. The minimum Gasteiger partial charge on any atom is -0.493 e. The monoisotopic (exact) mass is 234 g/mol. The van der Waals surface area contributed by atoms with E-state index >= 15 is 0 Å². The van der Waals surface area contributed by atoms with Gasteiger partial charge in [0.15, 0.2) is 0 Å². The van der Waals surface area contributed by atoms with Gasteiger partial charge in [-0.15, -0.1) is 11.8 Å². The lowest BCUT2D eigenvalue weighted by Gasteiger charge is -2.03. The molecule has 82 valence electrons. The second kappa shape index (κ2) is 4.40. The van der Waals surface area contributed by atoms with E-state index in [0.717, 1.165) is 4.90 Å². The van der Waals surface area contributed by atoms with Gasteiger partial charge in [0, 0.05) is 4.90 Å². The molecule has 0 saturated carbocycles. The largest absolute Gasteiger partial charge is 0.493 e. The predicted octanol–water partition coefficient (Wildman–Crippen LogP) is 1.86. The quantitative estimate of drug-likeness (QED) is 0.778. The van der Waals surface area contributed by atoms with Gasteiger partial charge in [-0.1, -0.05) is 12.1 Å². The van der Waals surface area contributed by atoms with E-state index in [4.69, 9.17) is 0 Å². The Balaban J connectivity index is 2.55. The van der Waals surface area contributed by atoms with Gasteiger partial charge in [0.2, 0.25) is 5.88 Å². The van der Waals surface area contributed by atoms with Gasteiger partial charge in [0.25, 0.3) is 5.56 Å². The van der Waals surface area contributed by atoms with Crippen molar-refractivity contribution in [2.45, 2.75) is 4.90 Å². The number of aromatic nitrogens is 2. The SMILES string of the molecule is CSc1ccc(-c2c(O)nc[nH]c2=O)cc1. The van der Waals surface area contributed by atoms with E-state index in [2.05, 4.69) is 9.97 Å². The molecule has 0 unspecified atom stereocenters. The van der Waals surface area contributed by atoms with Crippen LogP contribution in [-0.4, -0.2) is 21.3 Å². The summed E-state index contributed by atoms with van der Waals surface area (Å²) in [4.78, 5) is 18.7. The van der Waals surface area contributed by atoms with Gasteiger partial charge in [0.05, 0.1) is 6.33 Å². The maximum absolute atomic E-state index is 11.5. The normalized spacial score (nSPS) is 10.3. The van der Waals surface area contributed by atoms with Gasteiger partial charge in [-0.25, -0.2) is 4.98 Å². The van der Waals surface area contributed by atoms with Crippen molar-refractivity contribution in [1.29, 1.82) is 0 Å². The van der Waals surface area contributed by atoms with Gasteiger partial charge < -0.3 is 10.1 Å². The third-order valence-corrected chi connectivity index (χ3v) is 2.96. The highest BCUT2D eigenvalue weighted by molar-refractivity contribution is 7.98. The number of thioether (sulfide) groups is 1. The van der Waals surface area contributed by atoms with Crippen LogP contribution in [0.1, 0.15) is 0 Å². The number of H-pyrrole nitrogens is 1. The first-order valence-corrected chi connectivity index (χ1v) is 5.86. The molecule has 2 N–H and O–H groups in total. The molecular formula is C11H10N2O2S. The Bertz CT molecular complexity index is 549. The first kappa shape index (κ1) is 10.8. The number of rotatable bonds is 2. The van der Waals surface area contributed by atoms with Crippen LogP contribution in [0, 0.1) is 0 Å². The molecule has 1 heterocycles.